The maximum Gasteiger partial charge on any atom is 0.263 e. The van der Waals surface area contributed by atoms with Crippen molar-refractivity contribution < 1.29 is 0 Å². The smallest absolute Gasteiger partial charge is 0.263 e. The highest BCUT2D eigenvalue weighted by Gasteiger charge is 2.20. The Hall–Kier alpha value is -3.42. The van der Waals surface area contributed by atoms with Crippen LogP contribution < -0.4 is 10.9 Å². The molecule has 1 aromatic carbocycles. The van der Waals surface area contributed by atoms with E-state index < -0.39 is 0 Å². The lowest BCUT2D eigenvalue weighted by atomic mass is 10.1. The van der Waals surface area contributed by atoms with Gasteiger partial charge in [0.1, 0.15) is 5.39 Å². The molecule has 0 aliphatic carbocycles. The Morgan fingerprint density at radius 1 is 1.17 bits per heavy atom. The fraction of sp³-hybridized carbons (Fsp3) is 0.333. The lowest BCUT2D eigenvalue weighted by Gasteiger charge is -2.19. The van der Waals surface area contributed by atoms with Crippen molar-refractivity contribution in [3.05, 3.63) is 64.3 Å². The zero-order valence-corrected chi connectivity index (χ0v) is 17.3. The molecule has 1 atom stereocenters. The molecule has 0 amide bonds. The average Bonchev–Trinajstić information content (AvgIpc) is 3.26. The minimum absolute atomic E-state index is 0.0835. The maximum absolute atomic E-state index is 12.6. The third kappa shape index (κ3) is 3.53. The second kappa shape index (κ2) is 6.88. The molecule has 8 heteroatoms. The van der Waals surface area contributed by atoms with E-state index in [-0.39, 0.29) is 17.1 Å². The van der Waals surface area contributed by atoms with Gasteiger partial charge in [-0.15, -0.1) is 0 Å². The highest BCUT2D eigenvalue weighted by Crippen LogP contribution is 2.23. The van der Waals surface area contributed by atoms with Crippen molar-refractivity contribution in [2.24, 2.45) is 0 Å². The molecule has 0 saturated heterocycles. The molecule has 0 radical (unpaired) electrons. The fourth-order valence-corrected chi connectivity index (χ4v) is 3.27. The van der Waals surface area contributed by atoms with Gasteiger partial charge in [-0.05, 0) is 46.8 Å². The van der Waals surface area contributed by atoms with Gasteiger partial charge in [0.05, 0.1) is 29.2 Å². The van der Waals surface area contributed by atoms with Crippen LogP contribution >= 0.6 is 0 Å². The molecule has 0 aliphatic rings. The van der Waals surface area contributed by atoms with Crippen LogP contribution in [0.15, 0.2) is 47.5 Å². The number of nitrogens with one attached hydrogen (secondary N) is 2. The summed E-state index contributed by atoms with van der Waals surface area (Å²) in [7, 11) is 0. The first kappa shape index (κ1) is 18.9. The molecule has 1 unspecified atom stereocenters. The van der Waals surface area contributed by atoms with Gasteiger partial charge in [-0.1, -0.05) is 18.2 Å². The molecule has 29 heavy (non-hydrogen) atoms. The fourth-order valence-electron chi connectivity index (χ4n) is 3.27. The summed E-state index contributed by atoms with van der Waals surface area (Å²) in [4.78, 5) is 20.0. The van der Waals surface area contributed by atoms with Gasteiger partial charge >= 0.3 is 0 Å². The number of aromatic nitrogens is 6. The van der Waals surface area contributed by atoms with Crippen LogP contribution in [0.25, 0.3) is 16.7 Å². The Labute approximate surface area is 168 Å². The van der Waals surface area contributed by atoms with Gasteiger partial charge < -0.3 is 5.32 Å². The van der Waals surface area contributed by atoms with Crippen molar-refractivity contribution >= 4 is 17.0 Å². The maximum atomic E-state index is 12.6. The van der Waals surface area contributed by atoms with Gasteiger partial charge in [-0.3, -0.25) is 14.5 Å². The second-order valence-electron chi connectivity index (χ2n) is 8.20. The molecule has 3 aromatic heterocycles. The first-order valence-electron chi connectivity index (χ1n) is 9.60. The summed E-state index contributed by atoms with van der Waals surface area (Å²) in [5.41, 5.74) is 3.03. The van der Waals surface area contributed by atoms with E-state index in [9.17, 15) is 4.79 Å². The number of benzene rings is 1. The van der Waals surface area contributed by atoms with Crippen molar-refractivity contribution in [3.8, 4) is 5.69 Å². The topological polar surface area (TPSA) is 93.4 Å². The quantitative estimate of drug-likeness (QED) is 0.555. The molecule has 0 spiro atoms. The van der Waals surface area contributed by atoms with Crippen LogP contribution in [0.5, 0.6) is 0 Å². The van der Waals surface area contributed by atoms with Crippen LogP contribution in [-0.2, 0) is 5.54 Å². The monoisotopic (exact) mass is 391 g/mol. The van der Waals surface area contributed by atoms with E-state index in [1.165, 1.54) is 0 Å². The van der Waals surface area contributed by atoms with Gasteiger partial charge in [0.15, 0.2) is 5.65 Å². The van der Waals surface area contributed by atoms with E-state index in [4.69, 9.17) is 0 Å². The van der Waals surface area contributed by atoms with Crippen molar-refractivity contribution in [1.29, 1.82) is 0 Å². The Morgan fingerprint density at radius 2 is 1.90 bits per heavy atom. The van der Waals surface area contributed by atoms with Crippen molar-refractivity contribution in [3.63, 3.8) is 0 Å². The van der Waals surface area contributed by atoms with Crippen molar-refractivity contribution in [2.45, 2.75) is 46.2 Å². The number of para-hydroxylation sites is 1. The van der Waals surface area contributed by atoms with Crippen LogP contribution in [0.1, 0.15) is 45.0 Å². The van der Waals surface area contributed by atoms with Gasteiger partial charge in [-0.25, -0.2) is 4.68 Å². The Morgan fingerprint density at radius 3 is 2.55 bits per heavy atom. The number of nitrogens with zero attached hydrogens (tertiary/aromatic N) is 5. The predicted octanol–water partition coefficient (Wildman–Crippen LogP) is 3.54. The van der Waals surface area contributed by atoms with Gasteiger partial charge in [0.2, 0.25) is 5.95 Å². The molecule has 4 rings (SSSR count). The van der Waals surface area contributed by atoms with Crippen LogP contribution in [0.3, 0.4) is 0 Å². The zero-order chi connectivity index (χ0) is 20.8. The van der Waals surface area contributed by atoms with Crippen LogP contribution in [0.4, 0.5) is 5.95 Å². The average molecular weight is 391 g/mol. The number of rotatable bonds is 4. The van der Waals surface area contributed by atoms with Gasteiger partial charge in [0, 0.05) is 11.8 Å². The first-order valence-corrected chi connectivity index (χ1v) is 9.60. The normalized spacial score (nSPS) is 13.0. The van der Waals surface area contributed by atoms with Crippen LogP contribution in [0.2, 0.25) is 0 Å². The molecule has 0 saturated carbocycles. The molecular formula is C21H25N7O. The van der Waals surface area contributed by atoms with Crippen molar-refractivity contribution in [1.82, 2.24) is 29.5 Å². The highest BCUT2D eigenvalue weighted by molar-refractivity contribution is 5.76. The number of hydrogen-bond donors (Lipinski definition) is 2. The third-order valence-electron chi connectivity index (χ3n) is 4.88. The summed E-state index contributed by atoms with van der Waals surface area (Å²) in [5.74, 6) is 0.399. The number of aromatic amines is 1. The summed E-state index contributed by atoms with van der Waals surface area (Å²) < 4.78 is 3.63. The summed E-state index contributed by atoms with van der Waals surface area (Å²) in [5, 5.41) is 12.7. The minimum Gasteiger partial charge on any atom is -0.349 e. The number of aryl methyl sites for hydroxylation is 1. The molecule has 150 valence electrons. The zero-order valence-electron chi connectivity index (χ0n) is 17.3. The van der Waals surface area contributed by atoms with Gasteiger partial charge in [0.25, 0.3) is 5.56 Å². The molecular weight excluding hydrogens is 366 g/mol. The van der Waals surface area contributed by atoms with Crippen LogP contribution in [0, 0.1) is 6.92 Å². The molecule has 4 aromatic rings. The largest absolute Gasteiger partial charge is 0.349 e. The first-order chi connectivity index (χ1) is 13.7. The number of hydrogen-bond acceptors (Lipinski definition) is 5. The van der Waals surface area contributed by atoms with E-state index in [1.807, 2.05) is 55.1 Å². The molecule has 3 heterocycles. The van der Waals surface area contributed by atoms with E-state index >= 15 is 0 Å². The number of anilines is 1. The Bertz CT molecular complexity index is 1210. The van der Waals surface area contributed by atoms with E-state index in [0.29, 0.717) is 17.0 Å². The minimum atomic E-state index is -0.228. The predicted molar refractivity (Wildman–Crippen MR) is 113 cm³/mol. The number of fused-ring (bicyclic) bond motifs is 1. The van der Waals surface area contributed by atoms with E-state index in [0.717, 1.165) is 16.9 Å². The SMILES string of the molecule is Cc1nn(C(C)(C)C)cc1C(C)Nc1nc2c(cnn2-c2ccccc2)c(=O)[nH]1. The Kier molecular flexibility index (Phi) is 4.49. The Balaban J connectivity index is 1.70. The van der Waals surface area contributed by atoms with E-state index in [2.05, 4.69) is 46.3 Å². The lowest BCUT2D eigenvalue weighted by Crippen LogP contribution is -2.22. The molecule has 8 nitrogen and oxygen atoms in total. The summed E-state index contributed by atoms with van der Waals surface area (Å²) in [6.45, 7) is 10.3. The molecule has 0 fully saturated rings. The lowest BCUT2D eigenvalue weighted by molar-refractivity contribution is 0.354. The standard InChI is InChI=1S/C21H25N7O/c1-13(17-12-27(21(3,4)5)26-14(17)2)23-20-24-18-16(19(29)25-20)11-22-28(18)15-9-7-6-8-10-15/h6-13H,1-5H3,(H2,23,24,25,29). The highest BCUT2D eigenvalue weighted by atomic mass is 16.1. The van der Waals surface area contributed by atoms with E-state index in [1.54, 1.807) is 10.9 Å². The summed E-state index contributed by atoms with van der Waals surface area (Å²) in [6.07, 6.45) is 3.58. The van der Waals surface area contributed by atoms with Crippen LogP contribution in [-0.4, -0.2) is 29.5 Å². The third-order valence-corrected chi connectivity index (χ3v) is 4.88. The number of H-pyrrole nitrogens is 1. The van der Waals surface area contributed by atoms with Gasteiger partial charge in [-0.2, -0.15) is 15.2 Å². The summed E-state index contributed by atoms with van der Waals surface area (Å²) in [6, 6.07) is 9.55. The molecule has 0 aliphatic heterocycles. The summed E-state index contributed by atoms with van der Waals surface area (Å²) >= 11 is 0. The van der Waals surface area contributed by atoms with Crippen molar-refractivity contribution in [2.75, 3.05) is 5.32 Å². The molecule has 2 N–H and O–H groups in total. The second-order valence-corrected chi connectivity index (χ2v) is 8.20. The molecule has 0 bridgehead atoms.